The standard InChI is InChI=1S/C21H26N6O/c1-14(2)18(19-24-16-8-3-4-9-17(16)25-19)26-20(28)15-7-5-12-27(13-15)21-22-10-6-11-23-21/h3-4,6,8-11,14-15,18H,5,7,12-13H2,1-2H3,(H,24,25)(H,26,28). The van der Waals surface area contributed by atoms with E-state index in [4.69, 9.17) is 4.98 Å². The SMILES string of the molecule is CC(C)C(NC(=O)C1CCCN(c2ncccn2)C1)c1nc2ccccc2[nH]1. The Morgan fingerprint density at radius 3 is 2.75 bits per heavy atom. The summed E-state index contributed by atoms with van der Waals surface area (Å²) in [7, 11) is 0. The van der Waals surface area contributed by atoms with Crippen LogP contribution in [0.1, 0.15) is 38.6 Å². The van der Waals surface area contributed by atoms with Crippen LogP contribution in [0.15, 0.2) is 42.7 Å². The maximum absolute atomic E-state index is 13.1. The number of nitrogens with one attached hydrogen (secondary N) is 2. The van der Waals surface area contributed by atoms with Crippen LogP contribution in [0.3, 0.4) is 0 Å². The number of anilines is 1. The Morgan fingerprint density at radius 1 is 1.21 bits per heavy atom. The van der Waals surface area contributed by atoms with Gasteiger partial charge in [-0.2, -0.15) is 0 Å². The molecular formula is C21H26N6O. The molecule has 1 fully saturated rings. The second-order valence-electron chi connectivity index (χ2n) is 7.70. The van der Waals surface area contributed by atoms with Gasteiger partial charge in [-0.15, -0.1) is 0 Å². The molecule has 1 aliphatic rings. The van der Waals surface area contributed by atoms with Gasteiger partial charge >= 0.3 is 0 Å². The van der Waals surface area contributed by atoms with Gasteiger partial charge in [-0.3, -0.25) is 4.79 Å². The molecule has 0 spiro atoms. The zero-order valence-corrected chi connectivity index (χ0v) is 16.3. The fourth-order valence-electron chi connectivity index (χ4n) is 3.77. The number of para-hydroxylation sites is 2. The Balaban J connectivity index is 1.48. The minimum atomic E-state index is -0.150. The van der Waals surface area contributed by atoms with Gasteiger partial charge in [0.1, 0.15) is 5.82 Å². The lowest BCUT2D eigenvalue weighted by Crippen LogP contribution is -2.45. The average Bonchev–Trinajstić information content (AvgIpc) is 3.16. The Morgan fingerprint density at radius 2 is 2.00 bits per heavy atom. The molecule has 2 atom stereocenters. The number of fused-ring (bicyclic) bond motifs is 1. The Hall–Kier alpha value is -2.96. The van der Waals surface area contributed by atoms with Crippen LogP contribution in [0.4, 0.5) is 5.95 Å². The number of benzene rings is 1. The fourth-order valence-corrected chi connectivity index (χ4v) is 3.77. The summed E-state index contributed by atoms with van der Waals surface area (Å²) in [4.78, 5) is 31.9. The van der Waals surface area contributed by atoms with E-state index in [0.29, 0.717) is 12.5 Å². The highest BCUT2D eigenvalue weighted by Crippen LogP contribution is 2.25. The molecule has 28 heavy (non-hydrogen) atoms. The van der Waals surface area contributed by atoms with Gasteiger partial charge in [-0.1, -0.05) is 26.0 Å². The molecule has 1 amide bonds. The summed E-state index contributed by atoms with van der Waals surface area (Å²) in [6.07, 6.45) is 5.30. The largest absolute Gasteiger partial charge is 0.346 e. The Kier molecular flexibility index (Phi) is 5.23. The highest BCUT2D eigenvalue weighted by molar-refractivity contribution is 5.80. The zero-order chi connectivity index (χ0) is 19.5. The van der Waals surface area contributed by atoms with E-state index in [1.807, 2.05) is 24.3 Å². The highest BCUT2D eigenvalue weighted by Gasteiger charge is 2.30. The van der Waals surface area contributed by atoms with Gasteiger partial charge in [0.05, 0.1) is 23.0 Å². The zero-order valence-electron chi connectivity index (χ0n) is 16.3. The average molecular weight is 378 g/mol. The second-order valence-corrected chi connectivity index (χ2v) is 7.70. The molecule has 0 radical (unpaired) electrons. The molecule has 146 valence electrons. The van der Waals surface area contributed by atoms with E-state index in [1.54, 1.807) is 18.5 Å². The van der Waals surface area contributed by atoms with Gasteiger partial charge in [-0.05, 0) is 37.0 Å². The monoisotopic (exact) mass is 378 g/mol. The summed E-state index contributed by atoms with van der Waals surface area (Å²) in [5.41, 5.74) is 1.91. The van der Waals surface area contributed by atoms with E-state index in [9.17, 15) is 4.79 Å². The van der Waals surface area contributed by atoms with E-state index in [-0.39, 0.29) is 23.8 Å². The summed E-state index contributed by atoms with van der Waals surface area (Å²) in [6.45, 7) is 5.72. The van der Waals surface area contributed by atoms with Crippen molar-refractivity contribution in [1.29, 1.82) is 0 Å². The lowest BCUT2D eigenvalue weighted by molar-refractivity contribution is -0.126. The minimum absolute atomic E-state index is 0.0692. The molecular weight excluding hydrogens is 352 g/mol. The second kappa shape index (κ2) is 7.96. The van der Waals surface area contributed by atoms with Crippen LogP contribution in [-0.4, -0.2) is 38.9 Å². The predicted molar refractivity (Wildman–Crippen MR) is 109 cm³/mol. The van der Waals surface area contributed by atoms with Crippen molar-refractivity contribution in [1.82, 2.24) is 25.3 Å². The molecule has 0 saturated carbocycles. The van der Waals surface area contributed by atoms with Crippen molar-refractivity contribution in [2.75, 3.05) is 18.0 Å². The van der Waals surface area contributed by atoms with Crippen molar-refractivity contribution in [2.45, 2.75) is 32.7 Å². The van der Waals surface area contributed by atoms with E-state index in [2.05, 4.69) is 39.0 Å². The first-order valence-electron chi connectivity index (χ1n) is 9.89. The third-order valence-corrected chi connectivity index (χ3v) is 5.29. The number of amides is 1. The number of hydrogen-bond acceptors (Lipinski definition) is 5. The van der Waals surface area contributed by atoms with Crippen LogP contribution in [-0.2, 0) is 4.79 Å². The molecule has 0 bridgehead atoms. The number of imidazole rings is 1. The number of piperidine rings is 1. The lowest BCUT2D eigenvalue weighted by atomic mass is 9.95. The van der Waals surface area contributed by atoms with E-state index in [0.717, 1.165) is 36.2 Å². The van der Waals surface area contributed by atoms with Crippen molar-refractivity contribution in [3.8, 4) is 0 Å². The first kappa shape index (κ1) is 18.4. The van der Waals surface area contributed by atoms with Gasteiger partial charge in [0, 0.05) is 25.5 Å². The first-order chi connectivity index (χ1) is 13.6. The summed E-state index contributed by atoms with van der Waals surface area (Å²) < 4.78 is 0. The normalized spacial score (nSPS) is 18.4. The lowest BCUT2D eigenvalue weighted by Gasteiger charge is -2.33. The molecule has 3 aromatic rings. The number of rotatable bonds is 5. The minimum Gasteiger partial charge on any atom is -0.346 e. The highest BCUT2D eigenvalue weighted by atomic mass is 16.2. The smallest absolute Gasteiger partial charge is 0.225 e. The predicted octanol–water partition coefficient (Wildman–Crippen LogP) is 3.08. The van der Waals surface area contributed by atoms with Gasteiger partial charge in [0.25, 0.3) is 0 Å². The van der Waals surface area contributed by atoms with Gasteiger partial charge in [0.15, 0.2) is 0 Å². The summed E-state index contributed by atoms with van der Waals surface area (Å²) in [6, 6.07) is 9.59. The maximum Gasteiger partial charge on any atom is 0.225 e. The van der Waals surface area contributed by atoms with E-state index >= 15 is 0 Å². The third kappa shape index (κ3) is 3.83. The van der Waals surface area contributed by atoms with Crippen LogP contribution in [0.2, 0.25) is 0 Å². The molecule has 2 unspecified atom stereocenters. The number of aromatic nitrogens is 4. The third-order valence-electron chi connectivity index (χ3n) is 5.29. The van der Waals surface area contributed by atoms with Gasteiger partial charge in [-0.25, -0.2) is 15.0 Å². The molecule has 7 heteroatoms. The molecule has 7 nitrogen and oxygen atoms in total. The van der Waals surface area contributed by atoms with Gasteiger partial charge in [0.2, 0.25) is 11.9 Å². The van der Waals surface area contributed by atoms with Crippen molar-refractivity contribution in [3.63, 3.8) is 0 Å². The van der Waals surface area contributed by atoms with E-state index < -0.39 is 0 Å². The molecule has 1 aliphatic heterocycles. The van der Waals surface area contributed by atoms with Crippen molar-refractivity contribution >= 4 is 22.9 Å². The number of H-pyrrole nitrogens is 1. The summed E-state index contributed by atoms with van der Waals surface area (Å²) in [5.74, 6) is 1.71. The van der Waals surface area contributed by atoms with Gasteiger partial charge < -0.3 is 15.2 Å². The Bertz CT molecular complexity index is 905. The summed E-state index contributed by atoms with van der Waals surface area (Å²) >= 11 is 0. The van der Waals surface area contributed by atoms with E-state index in [1.165, 1.54) is 0 Å². The Labute approximate surface area is 164 Å². The first-order valence-corrected chi connectivity index (χ1v) is 9.89. The molecule has 1 aromatic carbocycles. The number of carbonyl (C=O) groups excluding carboxylic acids is 1. The van der Waals surface area contributed by atoms with Crippen molar-refractivity contribution in [2.24, 2.45) is 11.8 Å². The van der Waals surface area contributed by atoms with Crippen LogP contribution >= 0.6 is 0 Å². The number of carbonyl (C=O) groups is 1. The topological polar surface area (TPSA) is 86.8 Å². The van der Waals surface area contributed by atoms with Crippen LogP contribution in [0, 0.1) is 11.8 Å². The quantitative estimate of drug-likeness (QED) is 0.712. The maximum atomic E-state index is 13.1. The molecule has 4 rings (SSSR count). The number of nitrogens with zero attached hydrogens (tertiary/aromatic N) is 4. The fraction of sp³-hybridized carbons (Fsp3) is 0.429. The number of hydrogen-bond donors (Lipinski definition) is 2. The molecule has 2 aromatic heterocycles. The molecule has 1 saturated heterocycles. The summed E-state index contributed by atoms with van der Waals surface area (Å²) in [5, 5.41) is 3.24. The molecule has 2 N–H and O–H groups in total. The molecule has 0 aliphatic carbocycles. The van der Waals surface area contributed by atoms with Crippen molar-refractivity contribution in [3.05, 3.63) is 48.5 Å². The number of aromatic amines is 1. The van der Waals surface area contributed by atoms with Crippen molar-refractivity contribution < 1.29 is 4.79 Å². The van der Waals surface area contributed by atoms with Crippen LogP contribution in [0.5, 0.6) is 0 Å². The molecule has 3 heterocycles. The van der Waals surface area contributed by atoms with Crippen LogP contribution in [0.25, 0.3) is 11.0 Å². The van der Waals surface area contributed by atoms with Crippen LogP contribution < -0.4 is 10.2 Å².